The van der Waals surface area contributed by atoms with E-state index in [1.54, 1.807) is 12.1 Å². The van der Waals surface area contributed by atoms with Crippen LogP contribution in [0.2, 0.25) is 5.15 Å². The summed E-state index contributed by atoms with van der Waals surface area (Å²) in [6, 6.07) is 4.91. The number of benzene rings is 1. The summed E-state index contributed by atoms with van der Waals surface area (Å²) in [5.74, 6) is -0.561. The van der Waals surface area contributed by atoms with Crippen molar-refractivity contribution in [1.29, 1.82) is 0 Å². The second kappa shape index (κ2) is 10.3. The van der Waals surface area contributed by atoms with E-state index in [-0.39, 0.29) is 19.1 Å². The Labute approximate surface area is 198 Å². The molecule has 1 saturated heterocycles. The molecule has 0 radical (unpaired) electrons. The van der Waals surface area contributed by atoms with Gasteiger partial charge in [-0.1, -0.05) is 18.5 Å². The number of nitrogens with zero attached hydrogens (tertiary/aromatic N) is 4. The second-order valence-corrected chi connectivity index (χ2v) is 7.95. The summed E-state index contributed by atoms with van der Waals surface area (Å²) in [5.41, 5.74) is 1.15. The standard InChI is InChI=1S/C21H23ClF3N5O4/c1-3-13-8-14(29-6-7-30(20(32)33)15(10-29)11-34-12(2)31)4-5-17(13)27-19-26-9-16(18(22)28-19)21(23,24)25/h4-5,8-9,15H,3,6-7,10-11H2,1-2H3,(H,32,33)(H,26,27,28)/t15-/m1/s1. The number of carboxylic acid groups (broad SMARTS) is 1. The highest BCUT2D eigenvalue weighted by Crippen LogP contribution is 2.34. The van der Waals surface area contributed by atoms with E-state index in [2.05, 4.69) is 15.3 Å². The monoisotopic (exact) mass is 501 g/mol. The van der Waals surface area contributed by atoms with Crippen molar-refractivity contribution in [3.8, 4) is 0 Å². The molecule has 184 valence electrons. The zero-order valence-electron chi connectivity index (χ0n) is 18.4. The molecule has 2 aromatic rings. The van der Waals surface area contributed by atoms with Gasteiger partial charge in [-0.3, -0.25) is 9.69 Å². The average Bonchev–Trinajstić information content (AvgIpc) is 2.76. The van der Waals surface area contributed by atoms with Crippen LogP contribution in [0.1, 0.15) is 25.0 Å². The molecule has 1 aromatic heterocycles. The van der Waals surface area contributed by atoms with E-state index in [0.717, 1.165) is 11.3 Å². The van der Waals surface area contributed by atoms with Crippen molar-refractivity contribution < 1.29 is 32.6 Å². The number of alkyl halides is 3. The summed E-state index contributed by atoms with van der Waals surface area (Å²) in [7, 11) is 0. The number of hydrogen-bond acceptors (Lipinski definition) is 7. The Morgan fingerprint density at radius 3 is 2.65 bits per heavy atom. The quantitative estimate of drug-likeness (QED) is 0.448. The number of amides is 1. The van der Waals surface area contributed by atoms with Gasteiger partial charge in [-0.25, -0.2) is 14.8 Å². The Balaban J connectivity index is 1.79. The van der Waals surface area contributed by atoms with Crippen LogP contribution in [0.3, 0.4) is 0 Å². The molecule has 1 aliphatic heterocycles. The number of anilines is 3. The van der Waals surface area contributed by atoms with Gasteiger partial charge in [-0.2, -0.15) is 13.2 Å². The summed E-state index contributed by atoms with van der Waals surface area (Å²) in [6.45, 7) is 4.13. The Bertz CT molecular complexity index is 1070. The third kappa shape index (κ3) is 5.99. The number of rotatable bonds is 6. The fraction of sp³-hybridized carbons (Fsp3) is 0.429. The normalized spacial score (nSPS) is 16.4. The van der Waals surface area contributed by atoms with Gasteiger partial charge in [0.15, 0.2) is 0 Å². The molecule has 0 spiro atoms. The maximum atomic E-state index is 12.9. The smallest absolute Gasteiger partial charge is 0.420 e. The summed E-state index contributed by atoms with van der Waals surface area (Å²) < 4.78 is 43.7. The van der Waals surface area contributed by atoms with Crippen LogP contribution in [0.25, 0.3) is 0 Å². The van der Waals surface area contributed by atoms with E-state index in [9.17, 15) is 27.9 Å². The largest absolute Gasteiger partial charge is 0.465 e. The average molecular weight is 502 g/mol. The first kappa shape index (κ1) is 25.3. The lowest BCUT2D eigenvalue weighted by atomic mass is 10.1. The minimum absolute atomic E-state index is 0.0512. The zero-order valence-corrected chi connectivity index (χ0v) is 19.2. The maximum Gasteiger partial charge on any atom is 0.420 e. The number of ether oxygens (including phenoxy) is 1. The first-order valence-corrected chi connectivity index (χ1v) is 10.7. The van der Waals surface area contributed by atoms with Crippen molar-refractivity contribution in [2.75, 3.05) is 36.5 Å². The fourth-order valence-electron chi connectivity index (χ4n) is 3.62. The van der Waals surface area contributed by atoms with Gasteiger partial charge in [0.1, 0.15) is 17.3 Å². The molecule has 3 rings (SSSR count). The van der Waals surface area contributed by atoms with Gasteiger partial charge in [0.2, 0.25) is 5.95 Å². The van der Waals surface area contributed by atoms with E-state index in [1.807, 2.05) is 17.9 Å². The van der Waals surface area contributed by atoms with E-state index in [1.165, 1.54) is 11.8 Å². The molecule has 9 nitrogen and oxygen atoms in total. The Morgan fingerprint density at radius 1 is 1.32 bits per heavy atom. The zero-order chi connectivity index (χ0) is 25.0. The molecule has 1 atom stereocenters. The lowest BCUT2D eigenvalue weighted by Gasteiger charge is -2.40. The van der Waals surface area contributed by atoms with Crippen LogP contribution in [-0.2, 0) is 22.1 Å². The molecule has 13 heteroatoms. The van der Waals surface area contributed by atoms with E-state index >= 15 is 0 Å². The third-order valence-electron chi connectivity index (χ3n) is 5.34. The van der Waals surface area contributed by atoms with Crippen LogP contribution in [0.5, 0.6) is 0 Å². The Hall–Kier alpha value is -3.28. The van der Waals surface area contributed by atoms with Crippen LogP contribution < -0.4 is 10.2 Å². The van der Waals surface area contributed by atoms with Crippen LogP contribution in [0, 0.1) is 0 Å². The lowest BCUT2D eigenvalue weighted by molar-refractivity contribution is -0.142. The third-order valence-corrected chi connectivity index (χ3v) is 5.62. The molecule has 34 heavy (non-hydrogen) atoms. The van der Waals surface area contributed by atoms with Crippen LogP contribution >= 0.6 is 11.6 Å². The van der Waals surface area contributed by atoms with Crippen molar-refractivity contribution in [2.45, 2.75) is 32.5 Å². The first-order valence-electron chi connectivity index (χ1n) is 10.4. The molecule has 1 amide bonds. The molecule has 0 unspecified atom stereocenters. The van der Waals surface area contributed by atoms with E-state index < -0.39 is 35.0 Å². The maximum absolute atomic E-state index is 12.9. The SMILES string of the molecule is CCc1cc(N2CCN(C(=O)O)[C@@H](COC(C)=O)C2)ccc1Nc1ncc(C(F)(F)F)c(Cl)n1. The van der Waals surface area contributed by atoms with Gasteiger partial charge in [0.25, 0.3) is 0 Å². The number of aryl methyl sites for hydroxylation is 1. The van der Waals surface area contributed by atoms with Crippen LogP contribution in [0.15, 0.2) is 24.4 Å². The van der Waals surface area contributed by atoms with Crippen molar-refractivity contribution in [3.05, 3.63) is 40.7 Å². The molecular weight excluding hydrogens is 479 g/mol. The van der Waals surface area contributed by atoms with Gasteiger partial charge in [-0.15, -0.1) is 0 Å². The predicted octanol–water partition coefficient (Wildman–Crippen LogP) is 4.19. The molecule has 1 fully saturated rings. The first-order chi connectivity index (χ1) is 16.0. The predicted molar refractivity (Wildman–Crippen MR) is 119 cm³/mol. The van der Waals surface area contributed by atoms with Crippen molar-refractivity contribution in [2.24, 2.45) is 0 Å². The molecular formula is C21H23ClF3N5O4. The van der Waals surface area contributed by atoms with Crippen LogP contribution in [0.4, 0.5) is 35.3 Å². The summed E-state index contributed by atoms with van der Waals surface area (Å²) in [4.78, 5) is 33.4. The highest BCUT2D eigenvalue weighted by molar-refractivity contribution is 6.30. The van der Waals surface area contributed by atoms with Gasteiger partial charge in [0.05, 0.1) is 6.04 Å². The minimum atomic E-state index is -4.65. The molecule has 1 aliphatic rings. The summed E-state index contributed by atoms with van der Waals surface area (Å²) in [6.07, 6.45) is -4.51. The van der Waals surface area contributed by atoms with Crippen LogP contribution in [-0.4, -0.2) is 64.3 Å². The number of halogens is 4. The number of carbonyl (C=O) groups is 2. The highest BCUT2D eigenvalue weighted by Gasteiger charge is 2.35. The van der Waals surface area contributed by atoms with Crippen molar-refractivity contribution in [1.82, 2.24) is 14.9 Å². The van der Waals surface area contributed by atoms with Crippen molar-refractivity contribution in [3.63, 3.8) is 0 Å². The number of carbonyl (C=O) groups excluding carboxylic acids is 1. The molecule has 0 bridgehead atoms. The number of piperazine rings is 1. The lowest BCUT2D eigenvalue weighted by Crippen LogP contribution is -2.56. The Kier molecular flexibility index (Phi) is 7.70. The van der Waals surface area contributed by atoms with Gasteiger partial charge >= 0.3 is 18.2 Å². The number of nitrogens with one attached hydrogen (secondary N) is 1. The molecule has 1 aromatic carbocycles. The Morgan fingerprint density at radius 2 is 2.06 bits per heavy atom. The van der Waals surface area contributed by atoms with Gasteiger partial charge < -0.3 is 20.1 Å². The number of esters is 1. The topological polar surface area (TPSA) is 108 Å². The summed E-state index contributed by atoms with van der Waals surface area (Å²) >= 11 is 5.68. The van der Waals surface area contributed by atoms with E-state index in [0.29, 0.717) is 31.4 Å². The number of hydrogen-bond donors (Lipinski definition) is 2. The van der Waals surface area contributed by atoms with Gasteiger partial charge in [0, 0.05) is 44.1 Å². The number of aromatic nitrogens is 2. The van der Waals surface area contributed by atoms with E-state index in [4.69, 9.17) is 16.3 Å². The fourth-order valence-corrected chi connectivity index (χ4v) is 3.86. The molecule has 2 N–H and O–H groups in total. The second-order valence-electron chi connectivity index (χ2n) is 7.59. The molecule has 0 saturated carbocycles. The summed E-state index contributed by atoms with van der Waals surface area (Å²) in [5, 5.41) is 11.6. The minimum Gasteiger partial charge on any atom is -0.465 e. The molecule has 2 heterocycles. The highest BCUT2D eigenvalue weighted by atomic mass is 35.5. The molecule has 0 aliphatic carbocycles. The van der Waals surface area contributed by atoms with Crippen molar-refractivity contribution >= 4 is 41.0 Å². The van der Waals surface area contributed by atoms with Gasteiger partial charge in [-0.05, 0) is 30.2 Å².